The first-order valence-electron chi connectivity index (χ1n) is 16.4. The van der Waals surface area contributed by atoms with Gasteiger partial charge in [-0.05, 0) is 84.5 Å². The normalized spacial score (nSPS) is 15.8. The number of anilines is 1. The predicted molar refractivity (Wildman–Crippen MR) is 171 cm³/mol. The van der Waals surface area contributed by atoms with Gasteiger partial charge < -0.3 is 14.5 Å². The van der Waals surface area contributed by atoms with Gasteiger partial charge in [0.2, 0.25) is 5.89 Å². The van der Waals surface area contributed by atoms with Gasteiger partial charge in [0.1, 0.15) is 0 Å². The van der Waals surface area contributed by atoms with Crippen LogP contribution in [0.3, 0.4) is 0 Å². The zero-order chi connectivity index (χ0) is 38.9. The second kappa shape index (κ2) is 18.0. The molecule has 3 heterocycles. The predicted octanol–water partition coefficient (Wildman–Crippen LogP) is 7.90. The van der Waals surface area contributed by atoms with Gasteiger partial charge in [-0.3, -0.25) is 4.90 Å². The van der Waals surface area contributed by atoms with Crippen molar-refractivity contribution >= 4 is 5.95 Å². The van der Waals surface area contributed by atoms with Gasteiger partial charge in [-0.1, -0.05) is 37.1 Å². The molecule has 2 atom stereocenters. The Morgan fingerprint density at radius 2 is 1.52 bits per heavy atom. The van der Waals surface area contributed by atoms with Crippen molar-refractivity contribution in [3.05, 3.63) is 82.0 Å². The van der Waals surface area contributed by atoms with Gasteiger partial charge in [-0.2, -0.15) is 49.3 Å². The molecule has 1 fully saturated rings. The molecule has 0 saturated carbocycles. The summed E-state index contributed by atoms with van der Waals surface area (Å²) in [5.74, 6) is 0.913. The molecule has 0 spiro atoms. The first-order chi connectivity index (χ1) is 24.3. The van der Waals surface area contributed by atoms with Crippen LogP contribution in [0.4, 0.5) is 45.5 Å². The largest absolute Gasteiger partial charge is 0.416 e. The van der Waals surface area contributed by atoms with Crippen molar-refractivity contribution in [3.8, 4) is 0 Å². The van der Waals surface area contributed by atoms with Crippen LogP contribution in [0.15, 0.2) is 47.2 Å². The molecule has 2 aromatic heterocycles. The molecular formula is C33H41F9N8O2. The van der Waals surface area contributed by atoms with E-state index in [9.17, 15) is 39.5 Å². The number of halogens is 9. The molecule has 1 saturated heterocycles. The van der Waals surface area contributed by atoms with Crippen LogP contribution >= 0.6 is 0 Å². The molecule has 1 aliphatic rings. The van der Waals surface area contributed by atoms with Crippen molar-refractivity contribution in [1.82, 2.24) is 35.2 Å². The maximum absolute atomic E-state index is 13.8. The summed E-state index contributed by atoms with van der Waals surface area (Å²) >= 11 is 0. The maximum Gasteiger partial charge on any atom is 0.416 e. The van der Waals surface area contributed by atoms with Crippen molar-refractivity contribution in [1.29, 1.82) is 0 Å². The SMILES string of the molecule is CCC(c1ccc(C(F)(F)F)cc1CN(Cc1cc(C(F)(F)F)cc(C(F)(F)F)c1)c1nnn(C)n1)N1CCC(C)C1.CCO.CCc1ncno1. The standard InChI is InChI=1S/C27H29F9N6.C4H6N2O.C2H6O/c1-4-23(41-8-7-16(2)13-41)22-6-5-19(25(28,29)30)11-18(22)15-42(24-37-39-40(3)38-24)14-17-9-20(26(31,32)33)12-21(10-17)27(34,35)36;1-2-4-5-3-6-7-4;1-2-3/h5-6,9-12,16,23H,4,7-8,13-15H2,1-3H3;3H,2H2,1H3;3H,2H2,1H3. The monoisotopic (exact) mass is 752 g/mol. The number of tetrazole rings is 1. The first kappa shape index (κ1) is 42.2. The van der Waals surface area contributed by atoms with Crippen molar-refractivity contribution < 1.29 is 49.1 Å². The minimum atomic E-state index is -5.07. The second-order valence-electron chi connectivity index (χ2n) is 12.1. The lowest BCUT2D eigenvalue weighted by molar-refractivity contribution is -0.143. The Morgan fingerprint density at radius 3 is 1.94 bits per heavy atom. The van der Waals surface area contributed by atoms with Crippen molar-refractivity contribution in [2.24, 2.45) is 13.0 Å². The Bertz CT molecular complexity index is 1640. The second-order valence-corrected chi connectivity index (χ2v) is 12.1. The van der Waals surface area contributed by atoms with E-state index in [-0.39, 0.29) is 42.3 Å². The van der Waals surface area contributed by atoms with Crippen LogP contribution in [0.25, 0.3) is 0 Å². The molecule has 4 aromatic rings. The summed E-state index contributed by atoms with van der Waals surface area (Å²) < 4.78 is 127. The highest BCUT2D eigenvalue weighted by Crippen LogP contribution is 2.39. The number of aliphatic hydroxyl groups is 1. The van der Waals surface area contributed by atoms with E-state index in [1.54, 1.807) is 6.92 Å². The number of rotatable bonds is 9. The molecule has 2 unspecified atom stereocenters. The zero-order valence-corrected chi connectivity index (χ0v) is 29.2. The van der Waals surface area contributed by atoms with E-state index in [0.717, 1.165) is 42.9 Å². The van der Waals surface area contributed by atoms with E-state index >= 15 is 0 Å². The molecule has 288 valence electrons. The van der Waals surface area contributed by atoms with Crippen molar-refractivity contribution in [3.63, 3.8) is 0 Å². The summed E-state index contributed by atoms with van der Waals surface area (Å²) in [4.78, 5) is 8.18. The van der Waals surface area contributed by atoms with Crippen LogP contribution in [-0.4, -0.2) is 60.1 Å². The molecule has 2 aromatic carbocycles. The van der Waals surface area contributed by atoms with Crippen LogP contribution in [0.2, 0.25) is 0 Å². The number of nitrogens with zero attached hydrogens (tertiary/aromatic N) is 8. The third kappa shape index (κ3) is 11.9. The number of hydrogen-bond donors (Lipinski definition) is 1. The Balaban J connectivity index is 0.000000634. The zero-order valence-electron chi connectivity index (χ0n) is 29.2. The minimum absolute atomic E-state index is 0.0161. The van der Waals surface area contributed by atoms with Crippen LogP contribution in [0, 0.1) is 5.92 Å². The number of aryl methyl sites for hydroxylation is 2. The number of alkyl halides is 9. The maximum atomic E-state index is 13.8. The number of aliphatic hydroxyl groups excluding tert-OH is 1. The Labute approximate surface area is 294 Å². The van der Waals surface area contributed by atoms with Gasteiger partial charge in [-0.15, -0.1) is 5.10 Å². The molecule has 19 heteroatoms. The molecule has 1 aliphatic heterocycles. The molecule has 0 amide bonds. The molecule has 0 bridgehead atoms. The fraction of sp³-hybridized carbons (Fsp3) is 0.545. The Hall–Kier alpha value is -4.26. The Morgan fingerprint density at radius 1 is 0.904 bits per heavy atom. The van der Waals surface area contributed by atoms with E-state index in [0.29, 0.717) is 35.9 Å². The van der Waals surface area contributed by atoms with Crippen LogP contribution in [-0.2, 0) is 45.1 Å². The lowest BCUT2D eigenvalue weighted by Gasteiger charge is -2.31. The smallest absolute Gasteiger partial charge is 0.397 e. The molecule has 5 rings (SSSR count). The summed E-state index contributed by atoms with van der Waals surface area (Å²) in [6.07, 6.45) is -11.1. The average Bonchev–Trinajstić information content (AvgIpc) is 3.84. The molecular weight excluding hydrogens is 711 g/mol. The lowest BCUT2D eigenvalue weighted by atomic mass is 9.94. The van der Waals surface area contributed by atoms with E-state index < -0.39 is 41.8 Å². The highest BCUT2D eigenvalue weighted by molar-refractivity contribution is 5.42. The summed E-state index contributed by atoms with van der Waals surface area (Å²) in [5, 5.41) is 22.6. The topological polar surface area (TPSA) is 109 Å². The number of aromatic nitrogens is 6. The average molecular weight is 753 g/mol. The van der Waals surface area contributed by atoms with E-state index in [1.807, 2.05) is 13.8 Å². The first-order valence-corrected chi connectivity index (χ1v) is 16.4. The van der Waals surface area contributed by atoms with Crippen LogP contribution in [0.5, 0.6) is 0 Å². The number of likely N-dealkylation sites (tertiary alicyclic amines) is 1. The molecule has 1 N–H and O–H groups in total. The minimum Gasteiger partial charge on any atom is -0.397 e. The van der Waals surface area contributed by atoms with Crippen LogP contribution in [0.1, 0.15) is 85.8 Å². The molecule has 10 nitrogen and oxygen atoms in total. The van der Waals surface area contributed by atoms with E-state index in [2.05, 4.69) is 41.9 Å². The van der Waals surface area contributed by atoms with E-state index in [4.69, 9.17) is 5.11 Å². The fourth-order valence-electron chi connectivity index (χ4n) is 5.66. The van der Waals surface area contributed by atoms with Gasteiger partial charge >= 0.3 is 18.5 Å². The third-order valence-electron chi connectivity index (χ3n) is 7.98. The Kier molecular flexibility index (Phi) is 14.6. The van der Waals surface area contributed by atoms with Crippen molar-refractivity contribution in [2.75, 3.05) is 24.6 Å². The van der Waals surface area contributed by atoms with Gasteiger partial charge in [-0.25, -0.2) is 0 Å². The summed E-state index contributed by atoms with van der Waals surface area (Å²) in [6.45, 7) is 8.45. The summed E-state index contributed by atoms with van der Waals surface area (Å²) in [5.41, 5.74) is -3.54. The number of benzene rings is 2. The lowest BCUT2D eigenvalue weighted by Crippen LogP contribution is -2.29. The molecule has 0 aliphatic carbocycles. The van der Waals surface area contributed by atoms with Gasteiger partial charge in [0.25, 0.3) is 5.95 Å². The van der Waals surface area contributed by atoms with Gasteiger partial charge in [0, 0.05) is 38.7 Å². The fourth-order valence-corrected chi connectivity index (χ4v) is 5.66. The van der Waals surface area contributed by atoms with E-state index in [1.165, 1.54) is 24.3 Å². The quantitative estimate of drug-likeness (QED) is 0.171. The molecule has 0 radical (unpaired) electrons. The number of hydrogen-bond acceptors (Lipinski definition) is 9. The third-order valence-corrected chi connectivity index (χ3v) is 7.98. The van der Waals surface area contributed by atoms with Crippen LogP contribution < -0.4 is 4.90 Å². The highest BCUT2D eigenvalue weighted by Gasteiger charge is 2.38. The highest BCUT2D eigenvalue weighted by atomic mass is 19.4. The summed E-state index contributed by atoms with van der Waals surface area (Å²) in [7, 11) is 1.40. The van der Waals surface area contributed by atoms with Gasteiger partial charge in [0.15, 0.2) is 6.33 Å². The van der Waals surface area contributed by atoms with Gasteiger partial charge in [0.05, 0.1) is 23.7 Å². The van der Waals surface area contributed by atoms with Crippen molar-refractivity contribution in [2.45, 2.75) is 84.6 Å². The summed E-state index contributed by atoms with van der Waals surface area (Å²) in [6, 6.07) is 4.25. The molecule has 52 heavy (non-hydrogen) atoms.